The molecule has 12 nitrogen and oxygen atoms in total. The number of carbonyl (C=O) groups is 1. The fraction of sp³-hybridized carbons (Fsp3) is 0.511. The summed E-state index contributed by atoms with van der Waals surface area (Å²) in [6.07, 6.45) is 13.1. The van der Waals surface area contributed by atoms with E-state index in [0.29, 0.717) is 63.9 Å². The third-order valence-corrected chi connectivity index (χ3v) is 15.4. The molecule has 4 aromatic rings. The molecule has 1 unspecified atom stereocenters. The van der Waals surface area contributed by atoms with Crippen molar-refractivity contribution < 1.29 is 23.9 Å². The van der Waals surface area contributed by atoms with E-state index in [1.54, 1.807) is 23.9 Å². The Morgan fingerprint density at radius 1 is 1.05 bits per heavy atom. The zero-order valence-corrected chi connectivity index (χ0v) is 36.2. The lowest BCUT2D eigenvalue weighted by Gasteiger charge is -2.72. The van der Waals surface area contributed by atoms with Crippen LogP contribution in [0.15, 0.2) is 77.0 Å². The molecule has 0 spiro atoms. The van der Waals surface area contributed by atoms with Gasteiger partial charge in [0.1, 0.15) is 17.1 Å². The second-order valence-corrected chi connectivity index (χ2v) is 20.8. The highest BCUT2D eigenvalue weighted by molar-refractivity contribution is 8.13. The first-order valence-electron chi connectivity index (χ1n) is 21.6. The number of benzene rings is 2. The summed E-state index contributed by atoms with van der Waals surface area (Å²) in [6.45, 7) is 15.7. The summed E-state index contributed by atoms with van der Waals surface area (Å²) in [5.41, 5.74) is 6.99. The van der Waals surface area contributed by atoms with Crippen LogP contribution in [-0.2, 0) is 4.74 Å². The van der Waals surface area contributed by atoms with E-state index in [2.05, 4.69) is 45.3 Å². The summed E-state index contributed by atoms with van der Waals surface area (Å²) in [6, 6.07) is 14.6. The number of piperazine rings is 1. The second-order valence-electron chi connectivity index (χ2n) is 18.9. The average molecular weight is 835 g/mol. The van der Waals surface area contributed by atoms with Gasteiger partial charge in [0.15, 0.2) is 5.75 Å². The number of ether oxygens (including phenoxy) is 3. The fourth-order valence-electron chi connectivity index (χ4n) is 10.6. The van der Waals surface area contributed by atoms with Crippen LogP contribution in [0.2, 0.25) is 0 Å². The summed E-state index contributed by atoms with van der Waals surface area (Å²) in [7, 11) is -0.956. The molecule has 5 fully saturated rings. The van der Waals surface area contributed by atoms with Crippen LogP contribution in [0.5, 0.6) is 17.2 Å². The zero-order chi connectivity index (χ0) is 41.6. The average Bonchev–Trinajstić information content (AvgIpc) is 3.70. The predicted molar refractivity (Wildman–Crippen MR) is 238 cm³/mol. The van der Waals surface area contributed by atoms with Crippen LogP contribution in [-0.4, -0.2) is 83.6 Å². The fourth-order valence-corrected chi connectivity index (χ4v) is 11.9. The minimum absolute atomic E-state index is 0.127. The third-order valence-electron chi connectivity index (χ3n) is 13.7. The lowest BCUT2D eigenvalue weighted by Crippen LogP contribution is -2.61. The Balaban J connectivity index is 0.919. The van der Waals surface area contributed by atoms with E-state index in [0.717, 1.165) is 62.3 Å². The SMILES string of the molecule is C/C=S(\NC(=O)c1ccc(N2CCN(CC3=C(C45CC(C)(C4)C5)CC(C)(C)CC3)CC2)cc1Oc1cnc2[nH]ccc2c1)c1ccc(OCC2CCOCC2)c([N+](=O)[O-])c1. The Bertz CT molecular complexity index is 2340. The number of hydrogen-bond donors (Lipinski definition) is 2. The van der Waals surface area contributed by atoms with Crippen LogP contribution in [0.4, 0.5) is 11.4 Å². The molecule has 2 aliphatic heterocycles. The Morgan fingerprint density at radius 3 is 2.57 bits per heavy atom. The summed E-state index contributed by atoms with van der Waals surface area (Å²) in [5.74, 6) is 1.10. The molecule has 13 heteroatoms. The van der Waals surface area contributed by atoms with Crippen molar-refractivity contribution in [2.75, 3.05) is 57.4 Å². The zero-order valence-electron chi connectivity index (χ0n) is 35.4. The summed E-state index contributed by atoms with van der Waals surface area (Å²) in [5, 5.41) is 15.0. The number of H-pyrrole nitrogens is 1. The first kappa shape index (κ1) is 40.7. The number of pyridine rings is 1. The first-order valence-corrected chi connectivity index (χ1v) is 22.9. The number of aromatic amines is 1. The third kappa shape index (κ3) is 8.32. The van der Waals surface area contributed by atoms with Crippen molar-refractivity contribution in [3.63, 3.8) is 0 Å². The quantitative estimate of drug-likeness (QED) is 0.0584. The molecular weight excluding hydrogens is 777 g/mol. The molecule has 4 aliphatic carbocycles. The van der Waals surface area contributed by atoms with Gasteiger partial charge in [0.05, 0.1) is 23.3 Å². The summed E-state index contributed by atoms with van der Waals surface area (Å²) in [4.78, 5) is 39.3. The number of fused-ring (bicyclic) bond motifs is 1. The number of rotatable bonds is 13. The highest BCUT2D eigenvalue weighted by Gasteiger charge is 2.66. The van der Waals surface area contributed by atoms with Crippen molar-refractivity contribution in [2.24, 2.45) is 22.2 Å². The maximum absolute atomic E-state index is 14.2. The number of anilines is 1. The number of nitrogens with zero attached hydrogens (tertiary/aromatic N) is 4. The van der Waals surface area contributed by atoms with Crippen molar-refractivity contribution in [2.45, 2.75) is 84.0 Å². The first-order chi connectivity index (χ1) is 28.9. The van der Waals surface area contributed by atoms with Crippen molar-refractivity contribution in [1.29, 1.82) is 0 Å². The molecule has 3 saturated carbocycles. The normalized spacial score (nSPS) is 24.8. The highest BCUT2D eigenvalue weighted by Crippen LogP contribution is 2.77. The van der Waals surface area contributed by atoms with Gasteiger partial charge in [-0.25, -0.2) is 4.98 Å². The van der Waals surface area contributed by atoms with Crippen LogP contribution in [0, 0.1) is 32.3 Å². The number of nitrogens with one attached hydrogen (secondary N) is 2. The molecule has 60 heavy (non-hydrogen) atoms. The smallest absolute Gasteiger partial charge is 0.312 e. The molecule has 10 rings (SSSR count). The van der Waals surface area contributed by atoms with E-state index in [1.165, 1.54) is 44.6 Å². The summed E-state index contributed by atoms with van der Waals surface area (Å²) < 4.78 is 21.0. The van der Waals surface area contributed by atoms with Gasteiger partial charge in [-0.1, -0.05) is 42.6 Å². The molecule has 6 aliphatic rings. The maximum Gasteiger partial charge on any atom is 0.312 e. The van der Waals surface area contributed by atoms with E-state index in [-0.39, 0.29) is 17.3 Å². The number of aromatic nitrogens is 2. The monoisotopic (exact) mass is 834 g/mol. The molecule has 2 bridgehead atoms. The van der Waals surface area contributed by atoms with Crippen molar-refractivity contribution >= 4 is 44.4 Å². The molecule has 0 radical (unpaired) electrons. The largest absolute Gasteiger partial charge is 0.487 e. The Hall–Kier alpha value is -4.72. The van der Waals surface area contributed by atoms with Gasteiger partial charge in [-0.2, -0.15) is 0 Å². The van der Waals surface area contributed by atoms with Gasteiger partial charge in [-0.15, -0.1) is 0 Å². The van der Waals surface area contributed by atoms with E-state index in [9.17, 15) is 14.9 Å². The molecule has 1 atom stereocenters. The topological polar surface area (TPSA) is 135 Å². The van der Waals surface area contributed by atoms with Crippen LogP contribution in [0.3, 0.4) is 0 Å². The maximum atomic E-state index is 14.2. The van der Waals surface area contributed by atoms with E-state index in [1.807, 2.05) is 54.4 Å². The standard InChI is InChI=1S/C47H58N6O6S/c1-5-60(37-7-9-41(40(24-37)53(55)56)58-28-32-12-20-57-21-13-32)50-44(54)38-8-6-35(23-42(38)59-36-22-33-11-15-48-43(33)49-26-36)52-18-16-51(17-19-52)27-34-10-14-45(2,3)25-39(34)47-29-46(4,30-47)31-47/h5-9,11,15,22-24,26,32H,10,12-14,16-21,25,27-31H2,1-4H3,(H,48,49)(H,50,54). The minimum atomic E-state index is -0.956. The number of nitro benzene ring substituents is 1. The van der Waals surface area contributed by atoms with Gasteiger partial charge in [0, 0.05) is 80.2 Å². The number of hydrogen-bond acceptors (Lipinski definition) is 9. The lowest BCUT2D eigenvalue weighted by molar-refractivity contribution is -0.386. The molecular formula is C47H58N6O6S. The van der Waals surface area contributed by atoms with Gasteiger partial charge >= 0.3 is 5.69 Å². The summed E-state index contributed by atoms with van der Waals surface area (Å²) >= 11 is 0. The van der Waals surface area contributed by atoms with Gasteiger partial charge in [-0.3, -0.25) is 24.5 Å². The molecule has 2 N–H and O–H groups in total. The predicted octanol–water partition coefficient (Wildman–Crippen LogP) is 9.68. The second kappa shape index (κ2) is 16.3. The van der Waals surface area contributed by atoms with Crippen molar-refractivity contribution in [3.05, 3.63) is 87.7 Å². The number of nitro groups is 1. The lowest BCUT2D eigenvalue weighted by atomic mass is 9.33. The van der Waals surface area contributed by atoms with Gasteiger partial charge in [-0.05, 0) is 122 Å². The Morgan fingerprint density at radius 2 is 1.83 bits per heavy atom. The van der Waals surface area contributed by atoms with E-state index >= 15 is 0 Å². The Kier molecular flexibility index (Phi) is 11.0. The van der Waals surface area contributed by atoms with Crippen molar-refractivity contribution in [1.82, 2.24) is 19.6 Å². The number of carbonyl (C=O) groups excluding carboxylic acids is 1. The van der Waals surface area contributed by atoms with Gasteiger partial charge < -0.3 is 24.1 Å². The van der Waals surface area contributed by atoms with E-state index < -0.39 is 15.6 Å². The van der Waals surface area contributed by atoms with Crippen molar-refractivity contribution in [3.8, 4) is 17.2 Å². The van der Waals surface area contributed by atoms with E-state index in [4.69, 9.17) is 14.2 Å². The molecule has 2 aromatic heterocycles. The molecule has 2 aromatic carbocycles. The molecule has 318 valence electrons. The van der Waals surface area contributed by atoms with Crippen LogP contribution in [0.1, 0.15) is 89.4 Å². The van der Waals surface area contributed by atoms with Gasteiger partial charge in [0.25, 0.3) is 5.91 Å². The highest BCUT2D eigenvalue weighted by atomic mass is 32.2. The Labute approximate surface area is 355 Å². The number of amides is 1. The number of allylic oxidation sites excluding steroid dienone is 1. The molecule has 1 amide bonds. The molecule has 2 saturated heterocycles. The minimum Gasteiger partial charge on any atom is -0.487 e. The van der Waals surface area contributed by atoms with Crippen LogP contribution in [0.25, 0.3) is 11.0 Å². The molecule has 4 heterocycles. The van der Waals surface area contributed by atoms with Crippen LogP contribution < -0.4 is 19.1 Å². The van der Waals surface area contributed by atoms with Crippen LogP contribution >= 0.6 is 10.7 Å². The van der Waals surface area contributed by atoms with Gasteiger partial charge in [0.2, 0.25) is 0 Å².